The molecule has 0 saturated carbocycles. The Kier molecular flexibility index (Phi) is 10.3. The maximum absolute atomic E-state index is 13.0. The number of hydrogen-bond acceptors (Lipinski definition) is 7. The van der Waals surface area contributed by atoms with E-state index in [0.29, 0.717) is 32.1 Å². The summed E-state index contributed by atoms with van der Waals surface area (Å²) in [6.07, 6.45) is 2.35. The number of ether oxygens (including phenoxy) is 2. The van der Waals surface area contributed by atoms with Crippen LogP contribution in [0, 0.1) is 0 Å². The highest BCUT2D eigenvalue weighted by Crippen LogP contribution is 2.32. The van der Waals surface area contributed by atoms with E-state index < -0.39 is 29.7 Å². The molecule has 2 aliphatic heterocycles. The summed E-state index contributed by atoms with van der Waals surface area (Å²) >= 11 is 0. The third kappa shape index (κ3) is 6.14. The van der Waals surface area contributed by atoms with Crippen molar-refractivity contribution >= 4 is 29.3 Å². The van der Waals surface area contributed by atoms with E-state index in [4.69, 9.17) is 9.47 Å². The van der Waals surface area contributed by atoms with Gasteiger partial charge in [-0.2, -0.15) is 0 Å². The molecule has 0 radical (unpaired) electrons. The summed E-state index contributed by atoms with van der Waals surface area (Å²) in [5.74, 6) is -2.07. The largest absolute Gasteiger partial charge is 0.382 e. The molecular formula is C23H33N3O6. The van der Waals surface area contributed by atoms with Crippen molar-refractivity contribution in [1.82, 2.24) is 10.2 Å². The predicted molar refractivity (Wildman–Crippen MR) is 119 cm³/mol. The maximum Gasteiger partial charge on any atom is 0.264 e. The first-order valence-electron chi connectivity index (χ1n) is 11.3. The van der Waals surface area contributed by atoms with Gasteiger partial charge < -0.3 is 14.8 Å². The van der Waals surface area contributed by atoms with E-state index in [0.717, 1.165) is 24.3 Å². The number of amides is 4. The highest BCUT2D eigenvalue weighted by atomic mass is 16.5. The fourth-order valence-electron chi connectivity index (χ4n) is 3.49. The van der Waals surface area contributed by atoms with Crippen molar-refractivity contribution in [3.8, 4) is 0 Å². The number of carbonyl (C=O) groups is 4. The number of fused-ring (bicyclic) bond motifs is 1. The van der Waals surface area contributed by atoms with Crippen LogP contribution in [-0.2, 0) is 19.1 Å². The van der Waals surface area contributed by atoms with Gasteiger partial charge in [0.15, 0.2) is 0 Å². The van der Waals surface area contributed by atoms with Gasteiger partial charge in [-0.1, -0.05) is 33.3 Å². The van der Waals surface area contributed by atoms with Crippen molar-refractivity contribution in [3.63, 3.8) is 0 Å². The van der Waals surface area contributed by atoms with E-state index in [2.05, 4.69) is 17.6 Å². The Morgan fingerprint density at radius 1 is 1.03 bits per heavy atom. The van der Waals surface area contributed by atoms with Crippen molar-refractivity contribution in [2.45, 2.75) is 52.5 Å². The van der Waals surface area contributed by atoms with Crippen molar-refractivity contribution < 1.29 is 28.7 Å². The fraction of sp³-hybridized carbons (Fsp3) is 0.565. The Morgan fingerprint density at radius 3 is 2.44 bits per heavy atom. The second-order valence-electron chi connectivity index (χ2n) is 7.18. The molecule has 0 spiro atoms. The first kappa shape index (κ1) is 25.5. The Labute approximate surface area is 188 Å². The number of nitrogens with one attached hydrogen (secondary N) is 2. The van der Waals surface area contributed by atoms with E-state index in [1.54, 1.807) is 18.2 Å². The summed E-state index contributed by atoms with van der Waals surface area (Å²) in [6.45, 7) is 8.72. The quantitative estimate of drug-likeness (QED) is 0.395. The molecule has 1 aromatic rings. The van der Waals surface area contributed by atoms with Gasteiger partial charge in [0.2, 0.25) is 11.8 Å². The van der Waals surface area contributed by atoms with Crippen LogP contribution in [0.4, 0.5) is 5.69 Å². The van der Waals surface area contributed by atoms with E-state index >= 15 is 0 Å². The van der Waals surface area contributed by atoms with Gasteiger partial charge in [-0.05, 0) is 25.0 Å². The average molecular weight is 448 g/mol. The molecule has 1 unspecified atom stereocenters. The molecule has 2 aliphatic rings. The number of carbonyl (C=O) groups excluding carboxylic acids is 4. The average Bonchev–Trinajstić information content (AvgIpc) is 3.05. The minimum Gasteiger partial charge on any atom is -0.382 e. The van der Waals surface area contributed by atoms with Gasteiger partial charge in [-0.25, -0.2) is 0 Å². The van der Waals surface area contributed by atoms with E-state index in [-0.39, 0.29) is 24.0 Å². The second-order valence-corrected chi connectivity index (χ2v) is 7.18. The van der Waals surface area contributed by atoms with Crippen LogP contribution in [0.3, 0.4) is 0 Å². The Bertz CT molecular complexity index is 826. The summed E-state index contributed by atoms with van der Waals surface area (Å²) in [7, 11) is 0. The van der Waals surface area contributed by atoms with E-state index in [9.17, 15) is 19.2 Å². The molecule has 1 aromatic carbocycles. The molecule has 9 heteroatoms. The van der Waals surface area contributed by atoms with Crippen LogP contribution in [-0.4, -0.2) is 67.5 Å². The highest BCUT2D eigenvalue weighted by Gasteiger charge is 2.45. The molecule has 1 atom stereocenters. The van der Waals surface area contributed by atoms with Gasteiger partial charge in [0.25, 0.3) is 11.8 Å². The SMILES string of the molecule is CC.CCCCOCCOCCNc1cccc2c1C(=O)N(C1CCC(=O)NC1=O)C2=O. The van der Waals surface area contributed by atoms with E-state index in [1.165, 1.54) is 0 Å². The van der Waals surface area contributed by atoms with Crippen LogP contribution in [0.25, 0.3) is 0 Å². The van der Waals surface area contributed by atoms with Crippen LogP contribution < -0.4 is 10.6 Å². The first-order valence-corrected chi connectivity index (χ1v) is 11.3. The Balaban J connectivity index is 0.00000176. The summed E-state index contributed by atoms with van der Waals surface area (Å²) < 4.78 is 10.9. The fourth-order valence-corrected chi connectivity index (χ4v) is 3.49. The number of benzene rings is 1. The van der Waals surface area contributed by atoms with Crippen molar-refractivity contribution in [2.24, 2.45) is 0 Å². The lowest BCUT2D eigenvalue weighted by Crippen LogP contribution is -2.54. The van der Waals surface area contributed by atoms with Crippen molar-refractivity contribution in [2.75, 3.05) is 38.3 Å². The van der Waals surface area contributed by atoms with Gasteiger partial charge in [-0.15, -0.1) is 0 Å². The summed E-state index contributed by atoms with van der Waals surface area (Å²) in [5.41, 5.74) is 1.01. The molecule has 0 aliphatic carbocycles. The number of piperidine rings is 1. The lowest BCUT2D eigenvalue weighted by Gasteiger charge is -2.27. The smallest absolute Gasteiger partial charge is 0.264 e. The van der Waals surface area contributed by atoms with Gasteiger partial charge in [0.1, 0.15) is 6.04 Å². The van der Waals surface area contributed by atoms with Crippen LogP contribution in [0.15, 0.2) is 18.2 Å². The molecule has 176 valence electrons. The van der Waals surface area contributed by atoms with Gasteiger partial charge in [0.05, 0.1) is 30.9 Å². The normalized spacial score (nSPS) is 17.6. The summed E-state index contributed by atoms with van der Waals surface area (Å²) in [6, 6.07) is 3.99. The van der Waals surface area contributed by atoms with Crippen LogP contribution >= 0.6 is 0 Å². The number of anilines is 1. The number of hydrogen-bond donors (Lipinski definition) is 2. The molecule has 2 N–H and O–H groups in total. The number of rotatable bonds is 11. The van der Waals surface area contributed by atoms with Crippen LogP contribution in [0.1, 0.15) is 67.2 Å². The van der Waals surface area contributed by atoms with Gasteiger partial charge in [0, 0.05) is 25.3 Å². The van der Waals surface area contributed by atoms with Crippen molar-refractivity contribution in [3.05, 3.63) is 29.3 Å². The first-order chi connectivity index (χ1) is 15.5. The highest BCUT2D eigenvalue weighted by molar-refractivity contribution is 6.25. The number of nitrogens with zero attached hydrogens (tertiary/aromatic N) is 1. The molecule has 2 heterocycles. The Hall–Kier alpha value is -2.78. The zero-order chi connectivity index (χ0) is 23.5. The molecule has 32 heavy (non-hydrogen) atoms. The zero-order valence-electron chi connectivity index (χ0n) is 19.1. The lowest BCUT2D eigenvalue weighted by molar-refractivity contribution is -0.136. The molecule has 9 nitrogen and oxygen atoms in total. The topological polar surface area (TPSA) is 114 Å². The van der Waals surface area contributed by atoms with Crippen LogP contribution in [0.2, 0.25) is 0 Å². The maximum atomic E-state index is 13.0. The minimum atomic E-state index is -0.973. The molecule has 3 rings (SSSR count). The Morgan fingerprint density at radius 2 is 1.75 bits per heavy atom. The standard InChI is InChI=1S/C21H27N3O6.C2H6/c1-2-3-10-29-12-13-30-11-9-22-15-6-4-5-14-18(15)21(28)24(20(14)27)16-7-8-17(25)23-19(16)26;1-2/h4-6,16,22H,2-3,7-13H2,1H3,(H,23,25,26);1-2H3. The predicted octanol–water partition coefficient (Wildman–Crippen LogP) is 2.36. The minimum absolute atomic E-state index is 0.0917. The monoisotopic (exact) mass is 447 g/mol. The van der Waals surface area contributed by atoms with Gasteiger partial charge in [-0.3, -0.25) is 29.4 Å². The molecule has 1 saturated heterocycles. The van der Waals surface area contributed by atoms with Gasteiger partial charge >= 0.3 is 0 Å². The zero-order valence-corrected chi connectivity index (χ0v) is 19.1. The molecule has 4 amide bonds. The lowest BCUT2D eigenvalue weighted by atomic mass is 10.0. The third-order valence-electron chi connectivity index (χ3n) is 5.04. The van der Waals surface area contributed by atoms with Crippen LogP contribution in [0.5, 0.6) is 0 Å². The molecular weight excluding hydrogens is 414 g/mol. The summed E-state index contributed by atoms with van der Waals surface area (Å²) in [4.78, 5) is 50.2. The molecule has 0 aromatic heterocycles. The van der Waals surface area contributed by atoms with Crippen molar-refractivity contribution in [1.29, 1.82) is 0 Å². The third-order valence-corrected chi connectivity index (χ3v) is 5.04. The molecule has 1 fully saturated rings. The number of unbranched alkanes of at least 4 members (excludes halogenated alkanes) is 1. The second kappa shape index (κ2) is 12.9. The van der Waals surface area contributed by atoms with E-state index in [1.807, 2.05) is 13.8 Å². The number of imide groups is 2. The molecule has 0 bridgehead atoms. The summed E-state index contributed by atoms with van der Waals surface area (Å²) in [5, 5.41) is 5.32.